The highest BCUT2D eigenvalue weighted by Crippen LogP contribution is 2.26. The maximum Gasteiger partial charge on any atom is 0.220 e. The number of rotatable bonds is 9. The van der Waals surface area contributed by atoms with Crippen molar-refractivity contribution in [3.8, 4) is 0 Å². The molecule has 2 aromatic carbocycles. The standard InChI is InChI=1S/C23H29N3OS/c1-16(2)18-9-10-20-21(14-18)28-23(26-20)12-11-22(27)25-19(15-24-3)13-17-7-5-4-6-8-17/h4-10,14,16,19,24H,11-13,15H2,1-3H3,(H,25,27). The summed E-state index contributed by atoms with van der Waals surface area (Å²) < 4.78 is 1.21. The van der Waals surface area contributed by atoms with Gasteiger partial charge in [0, 0.05) is 25.4 Å². The third-order valence-corrected chi connectivity index (χ3v) is 5.91. The number of hydrogen-bond acceptors (Lipinski definition) is 4. The highest BCUT2D eigenvalue weighted by Gasteiger charge is 2.14. The van der Waals surface area contributed by atoms with E-state index in [1.165, 1.54) is 15.8 Å². The van der Waals surface area contributed by atoms with Crippen LogP contribution in [-0.4, -0.2) is 30.5 Å². The number of likely N-dealkylation sites (N-methyl/N-ethyl adjacent to an activating group) is 1. The number of nitrogens with zero attached hydrogens (tertiary/aromatic N) is 1. The number of hydrogen-bond donors (Lipinski definition) is 2. The third-order valence-electron chi connectivity index (χ3n) is 4.83. The first-order valence-corrected chi connectivity index (χ1v) is 10.7. The predicted octanol–water partition coefficient (Wildman–Crippen LogP) is 4.30. The van der Waals surface area contributed by atoms with Crippen LogP contribution in [0.15, 0.2) is 48.5 Å². The van der Waals surface area contributed by atoms with Crippen LogP contribution in [0.25, 0.3) is 10.2 Å². The molecule has 0 saturated carbocycles. The van der Waals surface area contributed by atoms with Crippen molar-refractivity contribution >= 4 is 27.5 Å². The second-order valence-electron chi connectivity index (χ2n) is 7.50. The van der Waals surface area contributed by atoms with Gasteiger partial charge in [-0.1, -0.05) is 50.2 Å². The molecule has 1 heterocycles. The van der Waals surface area contributed by atoms with Gasteiger partial charge in [-0.3, -0.25) is 4.79 Å². The first-order valence-electron chi connectivity index (χ1n) is 9.92. The van der Waals surface area contributed by atoms with Gasteiger partial charge in [0.25, 0.3) is 0 Å². The zero-order valence-electron chi connectivity index (χ0n) is 16.9. The van der Waals surface area contributed by atoms with E-state index >= 15 is 0 Å². The van der Waals surface area contributed by atoms with Gasteiger partial charge in [-0.25, -0.2) is 4.98 Å². The number of amides is 1. The molecule has 1 unspecified atom stereocenters. The number of benzene rings is 2. The molecule has 28 heavy (non-hydrogen) atoms. The van der Waals surface area contributed by atoms with Crippen molar-refractivity contribution in [3.05, 3.63) is 64.7 Å². The van der Waals surface area contributed by atoms with E-state index in [1.54, 1.807) is 11.3 Å². The Hall–Kier alpha value is -2.24. The van der Waals surface area contributed by atoms with Gasteiger partial charge in [-0.15, -0.1) is 11.3 Å². The van der Waals surface area contributed by atoms with Gasteiger partial charge < -0.3 is 10.6 Å². The van der Waals surface area contributed by atoms with E-state index in [0.717, 1.165) is 23.5 Å². The Morgan fingerprint density at radius 2 is 1.93 bits per heavy atom. The van der Waals surface area contributed by atoms with Gasteiger partial charge in [0.05, 0.1) is 15.2 Å². The molecule has 0 saturated heterocycles. The van der Waals surface area contributed by atoms with Gasteiger partial charge in [-0.05, 0) is 42.6 Å². The summed E-state index contributed by atoms with van der Waals surface area (Å²) >= 11 is 1.70. The van der Waals surface area contributed by atoms with Gasteiger partial charge in [0.15, 0.2) is 0 Å². The molecule has 1 amide bonds. The Morgan fingerprint density at radius 3 is 2.64 bits per heavy atom. The lowest BCUT2D eigenvalue weighted by atomic mass is 10.0. The predicted molar refractivity (Wildman–Crippen MR) is 118 cm³/mol. The molecule has 3 rings (SSSR count). The minimum Gasteiger partial charge on any atom is -0.352 e. The van der Waals surface area contributed by atoms with E-state index < -0.39 is 0 Å². The minimum absolute atomic E-state index is 0.0818. The molecule has 148 valence electrons. The lowest BCUT2D eigenvalue weighted by Crippen LogP contribution is -2.42. The highest BCUT2D eigenvalue weighted by atomic mass is 32.1. The summed E-state index contributed by atoms with van der Waals surface area (Å²) in [7, 11) is 1.91. The fourth-order valence-corrected chi connectivity index (χ4v) is 4.31. The number of carbonyl (C=O) groups excluding carboxylic acids is 1. The van der Waals surface area contributed by atoms with Crippen LogP contribution >= 0.6 is 11.3 Å². The van der Waals surface area contributed by atoms with Crippen LogP contribution in [0.5, 0.6) is 0 Å². The molecule has 4 nitrogen and oxygen atoms in total. The number of fused-ring (bicyclic) bond motifs is 1. The lowest BCUT2D eigenvalue weighted by Gasteiger charge is -2.18. The highest BCUT2D eigenvalue weighted by molar-refractivity contribution is 7.18. The maximum absolute atomic E-state index is 12.5. The Morgan fingerprint density at radius 1 is 1.14 bits per heavy atom. The molecule has 5 heteroatoms. The van der Waals surface area contributed by atoms with Crippen molar-refractivity contribution in [2.45, 2.75) is 45.1 Å². The van der Waals surface area contributed by atoms with Gasteiger partial charge >= 0.3 is 0 Å². The van der Waals surface area contributed by atoms with Crippen LogP contribution in [-0.2, 0) is 17.6 Å². The van der Waals surface area contributed by atoms with Crippen LogP contribution in [0.3, 0.4) is 0 Å². The van der Waals surface area contributed by atoms with Crippen LogP contribution < -0.4 is 10.6 Å². The minimum atomic E-state index is 0.0818. The molecule has 3 aromatic rings. The Balaban J connectivity index is 1.57. The molecule has 0 radical (unpaired) electrons. The summed E-state index contributed by atoms with van der Waals surface area (Å²) in [6.07, 6.45) is 1.97. The van der Waals surface area contributed by atoms with Crippen LogP contribution in [0.2, 0.25) is 0 Å². The van der Waals surface area contributed by atoms with Crippen molar-refractivity contribution in [1.82, 2.24) is 15.6 Å². The monoisotopic (exact) mass is 395 g/mol. The largest absolute Gasteiger partial charge is 0.352 e. The number of aryl methyl sites for hydroxylation is 1. The lowest BCUT2D eigenvalue weighted by molar-refractivity contribution is -0.121. The molecular weight excluding hydrogens is 366 g/mol. The van der Waals surface area contributed by atoms with Crippen LogP contribution in [0.1, 0.15) is 42.3 Å². The van der Waals surface area contributed by atoms with E-state index in [-0.39, 0.29) is 11.9 Å². The smallest absolute Gasteiger partial charge is 0.220 e. The van der Waals surface area contributed by atoms with Crippen molar-refractivity contribution in [1.29, 1.82) is 0 Å². The molecule has 0 aliphatic heterocycles. The average Bonchev–Trinajstić information content (AvgIpc) is 3.09. The Bertz CT molecular complexity index is 905. The normalized spacial score (nSPS) is 12.4. The van der Waals surface area contributed by atoms with E-state index in [4.69, 9.17) is 4.98 Å². The topological polar surface area (TPSA) is 54.0 Å². The number of thiazole rings is 1. The van der Waals surface area contributed by atoms with Crippen molar-refractivity contribution in [2.24, 2.45) is 0 Å². The molecular formula is C23H29N3OS. The van der Waals surface area contributed by atoms with E-state index in [9.17, 15) is 4.79 Å². The van der Waals surface area contributed by atoms with E-state index in [1.807, 2.05) is 25.2 Å². The summed E-state index contributed by atoms with van der Waals surface area (Å²) in [4.78, 5) is 17.2. The van der Waals surface area contributed by atoms with Gasteiger partial charge in [0.2, 0.25) is 5.91 Å². The van der Waals surface area contributed by atoms with Gasteiger partial charge in [-0.2, -0.15) is 0 Å². The number of carbonyl (C=O) groups is 1. The zero-order valence-corrected chi connectivity index (χ0v) is 17.7. The Kier molecular flexibility index (Phi) is 7.18. The number of aromatic nitrogens is 1. The van der Waals surface area contributed by atoms with Crippen LogP contribution in [0, 0.1) is 0 Å². The molecule has 0 aliphatic carbocycles. The fraction of sp³-hybridized carbons (Fsp3) is 0.391. The van der Waals surface area contributed by atoms with Crippen LogP contribution in [0.4, 0.5) is 0 Å². The summed E-state index contributed by atoms with van der Waals surface area (Å²) in [6.45, 7) is 5.15. The summed E-state index contributed by atoms with van der Waals surface area (Å²) in [5, 5.41) is 7.37. The van der Waals surface area contributed by atoms with Crippen molar-refractivity contribution in [2.75, 3.05) is 13.6 Å². The van der Waals surface area contributed by atoms with E-state index in [2.05, 4.69) is 54.8 Å². The van der Waals surface area contributed by atoms with Gasteiger partial charge in [0.1, 0.15) is 0 Å². The fourth-order valence-electron chi connectivity index (χ4n) is 3.29. The van der Waals surface area contributed by atoms with E-state index in [0.29, 0.717) is 18.8 Å². The summed E-state index contributed by atoms with van der Waals surface area (Å²) in [6, 6.07) is 16.8. The maximum atomic E-state index is 12.5. The number of nitrogens with one attached hydrogen (secondary N) is 2. The molecule has 0 aliphatic rings. The van der Waals surface area contributed by atoms with Crippen molar-refractivity contribution in [3.63, 3.8) is 0 Å². The molecule has 2 N–H and O–H groups in total. The second kappa shape index (κ2) is 9.80. The first kappa shape index (κ1) is 20.5. The molecule has 0 spiro atoms. The SMILES string of the molecule is CNCC(Cc1ccccc1)NC(=O)CCc1nc2ccc(C(C)C)cc2s1. The molecule has 1 aromatic heterocycles. The third kappa shape index (κ3) is 5.63. The van der Waals surface area contributed by atoms with Crippen molar-refractivity contribution < 1.29 is 4.79 Å². The first-order chi connectivity index (χ1) is 13.5. The summed E-state index contributed by atoms with van der Waals surface area (Å²) in [5.74, 6) is 0.591. The average molecular weight is 396 g/mol. The Labute approximate surface area is 171 Å². The molecule has 0 bridgehead atoms. The molecule has 1 atom stereocenters. The zero-order chi connectivity index (χ0) is 19.9. The summed E-state index contributed by atoms with van der Waals surface area (Å²) in [5.41, 5.74) is 3.59. The quantitative estimate of drug-likeness (QED) is 0.568. The second-order valence-corrected chi connectivity index (χ2v) is 8.62. The molecule has 0 fully saturated rings.